The quantitative estimate of drug-likeness (QED) is 0.776. The highest BCUT2D eigenvalue weighted by molar-refractivity contribution is 6.34. The Kier molecular flexibility index (Phi) is 5.35. The summed E-state index contributed by atoms with van der Waals surface area (Å²) in [5.41, 5.74) is 0.561. The minimum Gasteiger partial charge on any atom is -0.502 e. The van der Waals surface area contributed by atoms with Crippen LogP contribution in [0, 0.1) is 0 Å². The molecule has 1 aromatic rings. The Hall–Kier alpha value is -2.38. The fourth-order valence-corrected chi connectivity index (χ4v) is 3.06. The number of nitrogens with zero attached hydrogens (tertiary/aromatic N) is 2. The number of ether oxygens (including phenoxy) is 2. The molecule has 2 heterocycles. The average molecular weight is 346 g/mol. The number of rotatable bonds is 6. The van der Waals surface area contributed by atoms with Crippen LogP contribution in [-0.2, 0) is 14.3 Å². The molecule has 0 aromatic heterocycles. The second-order valence-corrected chi connectivity index (χ2v) is 6.02. The van der Waals surface area contributed by atoms with Gasteiger partial charge < -0.3 is 14.6 Å². The number of methoxy groups -OCH3 is 1. The first-order chi connectivity index (χ1) is 12.1. The minimum absolute atomic E-state index is 0.0547. The second kappa shape index (κ2) is 7.67. The van der Waals surface area contributed by atoms with Crippen molar-refractivity contribution < 1.29 is 24.2 Å². The summed E-state index contributed by atoms with van der Waals surface area (Å²) in [4.78, 5) is 28.2. The Labute approximate surface area is 146 Å². The van der Waals surface area contributed by atoms with E-state index in [4.69, 9.17) is 9.47 Å². The molecule has 25 heavy (non-hydrogen) atoms. The van der Waals surface area contributed by atoms with Gasteiger partial charge in [-0.1, -0.05) is 12.1 Å². The van der Waals surface area contributed by atoms with E-state index in [0.717, 1.165) is 24.5 Å². The van der Waals surface area contributed by atoms with E-state index in [1.54, 1.807) is 31.4 Å². The number of amides is 2. The maximum atomic E-state index is 12.6. The summed E-state index contributed by atoms with van der Waals surface area (Å²) >= 11 is 0. The summed E-state index contributed by atoms with van der Waals surface area (Å²) in [7, 11) is 1.55. The molecular formula is C18H22N2O5. The van der Waals surface area contributed by atoms with Crippen LogP contribution in [0.5, 0.6) is 5.75 Å². The van der Waals surface area contributed by atoms with E-state index in [1.807, 2.05) is 0 Å². The second-order valence-electron chi connectivity index (χ2n) is 6.02. The SMILES string of the molecule is COc1ccc(C2=C(O)C(=O)N(CCCN3CCOCC3)C2=O)cc1. The Balaban J connectivity index is 1.63. The molecule has 1 aromatic carbocycles. The molecule has 1 fully saturated rings. The predicted molar refractivity (Wildman–Crippen MR) is 91.1 cm³/mol. The zero-order valence-electron chi connectivity index (χ0n) is 14.2. The Bertz CT molecular complexity index is 677. The van der Waals surface area contributed by atoms with Gasteiger partial charge in [0.1, 0.15) is 5.75 Å². The van der Waals surface area contributed by atoms with Gasteiger partial charge in [-0.3, -0.25) is 19.4 Å². The van der Waals surface area contributed by atoms with E-state index < -0.39 is 17.6 Å². The van der Waals surface area contributed by atoms with Crippen molar-refractivity contribution in [3.63, 3.8) is 0 Å². The molecule has 1 N–H and O–H groups in total. The summed E-state index contributed by atoms with van der Waals surface area (Å²) in [6.45, 7) is 4.24. The normalized spacial score (nSPS) is 19.0. The molecular weight excluding hydrogens is 324 g/mol. The van der Waals surface area contributed by atoms with E-state index in [9.17, 15) is 14.7 Å². The van der Waals surface area contributed by atoms with Crippen LogP contribution in [0.1, 0.15) is 12.0 Å². The van der Waals surface area contributed by atoms with Crippen LogP contribution in [0.2, 0.25) is 0 Å². The van der Waals surface area contributed by atoms with Crippen molar-refractivity contribution >= 4 is 17.4 Å². The van der Waals surface area contributed by atoms with Gasteiger partial charge in [-0.15, -0.1) is 0 Å². The molecule has 3 rings (SSSR count). The molecule has 0 atom stereocenters. The monoisotopic (exact) mass is 346 g/mol. The number of hydrogen-bond acceptors (Lipinski definition) is 6. The standard InChI is InChI=1S/C18H22N2O5/c1-24-14-5-3-13(4-6-14)15-16(21)18(23)20(17(15)22)8-2-7-19-9-11-25-12-10-19/h3-6,21H,2,7-12H2,1H3. The highest BCUT2D eigenvalue weighted by Gasteiger charge is 2.38. The first kappa shape index (κ1) is 17.4. The van der Waals surface area contributed by atoms with E-state index in [2.05, 4.69) is 4.90 Å². The largest absolute Gasteiger partial charge is 0.502 e. The number of hydrogen-bond donors (Lipinski definition) is 1. The molecule has 0 aliphatic carbocycles. The van der Waals surface area contributed by atoms with Gasteiger partial charge in [0.2, 0.25) is 0 Å². The zero-order valence-corrected chi connectivity index (χ0v) is 14.2. The molecule has 0 spiro atoms. The van der Waals surface area contributed by atoms with Crippen LogP contribution in [0.4, 0.5) is 0 Å². The number of aliphatic hydroxyl groups is 1. The van der Waals surface area contributed by atoms with Gasteiger partial charge in [0.15, 0.2) is 5.76 Å². The van der Waals surface area contributed by atoms with E-state index >= 15 is 0 Å². The third-order valence-electron chi connectivity index (χ3n) is 4.48. The van der Waals surface area contributed by atoms with Crippen LogP contribution in [0.25, 0.3) is 5.57 Å². The lowest BCUT2D eigenvalue weighted by Crippen LogP contribution is -2.39. The van der Waals surface area contributed by atoms with E-state index in [0.29, 0.717) is 37.5 Å². The van der Waals surface area contributed by atoms with Crippen molar-refractivity contribution in [1.29, 1.82) is 0 Å². The summed E-state index contributed by atoms with van der Waals surface area (Å²) in [6, 6.07) is 6.70. The average Bonchev–Trinajstić information content (AvgIpc) is 2.86. The van der Waals surface area contributed by atoms with Gasteiger partial charge in [0, 0.05) is 26.2 Å². The van der Waals surface area contributed by atoms with Crippen LogP contribution >= 0.6 is 0 Å². The van der Waals surface area contributed by atoms with Crippen molar-refractivity contribution in [2.24, 2.45) is 0 Å². The number of carbonyl (C=O) groups excluding carboxylic acids is 2. The molecule has 0 saturated carbocycles. The highest BCUT2D eigenvalue weighted by Crippen LogP contribution is 2.29. The number of imide groups is 1. The molecule has 7 heteroatoms. The highest BCUT2D eigenvalue weighted by atomic mass is 16.5. The fraction of sp³-hybridized carbons (Fsp3) is 0.444. The Morgan fingerprint density at radius 3 is 2.40 bits per heavy atom. The number of morpholine rings is 1. The zero-order chi connectivity index (χ0) is 17.8. The summed E-state index contributed by atoms with van der Waals surface area (Å²) < 4.78 is 10.4. The third kappa shape index (κ3) is 3.67. The molecule has 134 valence electrons. The van der Waals surface area contributed by atoms with Gasteiger partial charge in [0.05, 0.1) is 25.9 Å². The Morgan fingerprint density at radius 1 is 1.08 bits per heavy atom. The van der Waals surface area contributed by atoms with Crippen LogP contribution < -0.4 is 4.74 Å². The molecule has 2 amide bonds. The molecule has 1 saturated heterocycles. The maximum absolute atomic E-state index is 12.6. The van der Waals surface area contributed by atoms with Gasteiger partial charge in [-0.25, -0.2) is 0 Å². The molecule has 7 nitrogen and oxygen atoms in total. The van der Waals surface area contributed by atoms with Crippen molar-refractivity contribution in [1.82, 2.24) is 9.80 Å². The summed E-state index contributed by atoms with van der Waals surface area (Å²) in [6.07, 6.45) is 0.667. The minimum atomic E-state index is -0.627. The lowest BCUT2D eigenvalue weighted by molar-refractivity contribution is -0.138. The molecule has 0 radical (unpaired) electrons. The topological polar surface area (TPSA) is 79.3 Å². The van der Waals surface area contributed by atoms with E-state index in [-0.39, 0.29) is 5.57 Å². The van der Waals surface area contributed by atoms with Crippen LogP contribution in [0.3, 0.4) is 0 Å². The van der Waals surface area contributed by atoms with Crippen molar-refractivity contribution in [2.75, 3.05) is 46.5 Å². The molecule has 2 aliphatic rings. The predicted octanol–water partition coefficient (Wildman–Crippen LogP) is 1.06. The van der Waals surface area contributed by atoms with E-state index in [1.165, 1.54) is 0 Å². The van der Waals surface area contributed by atoms with Crippen molar-refractivity contribution in [2.45, 2.75) is 6.42 Å². The van der Waals surface area contributed by atoms with Gasteiger partial charge >= 0.3 is 0 Å². The van der Waals surface area contributed by atoms with Crippen molar-refractivity contribution in [3.8, 4) is 5.75 Å². The number of carbonyl (C=O) groups is 2. The number of aliphatic hydroxyl groups excluding tert-OH is 1. The van der Waals surface area contributed by atoms with Gasteiger partial charge in [0.25, 0.3) is 11.8 Å². The first-order valence-electron chi connectivity index (χ1n) is 8.36. The van der Waals surface area contributed by atoms with Crippen LogP contribution in [0.15, 0.2) is 30.0 Å². The Morgan fingerprint density at radius 2 is 1.76 bits per heavy atom. The summed E-state index contributed by atoms with van der Waals surface area (Å²) in [5.74, 6) is -0.919. The number of benzene rings is 1. The van der Waals surface area contributed by atoms with Gasteiger partial charge in [-0.2, -0.15) is 0 Å². The van der Waals surface area contributed by atoms with Crippen molar-refractivity contribution in [3.05, 3.63) is 35.6 Å². The first-order valence-corrected chi connectivity index (χ1v) is 8.36. The smallest absolute Gasteiger partial charge is 0.296 e. The fourth-order valence-electron chi connectivity index (χ4n) is 3.06. The molecule has 0 unspecified atom stereocenters. The summed E-state index contributed by atoms with van der Waals surface area (Å²) in [5, 5.41) is 10.1. The van der Waals surface area contributed by atoms with Gasteiger partial charge in [-0.05, 0) is 24.1 Å². The third-order valence-corrected chi connectivity index (χ3v) is 4.48. The molecule has 2 aliphatic heterocycles. The molecule has 0 bridgehead atoms. The lowest BCUT2D eigenvalue weighted by Gasteiger charge is -2.27. The van der Waals surface area contributed by atoms with Crippen LogP contribution in [-0.4, -0.2) is 73.2 Å². The lowest BCUT2D eigenvalue weighted by atomic mass is 10.1. The maximum Gasteiger partial charge on any atom is 0.296 e.